The zero-order chi connectivity index (χ0) is 16.5. The molecule has 0 saturated heterocycles. The number of methoxy groups -OCH3 is 1. The normalized spacial score (nSPS) is 15.1. The lowest BCUT2D eigenvalue weighted by atomic mass is 10.2. The lowest BCUT2D eigenvalue weighted by molar-refractivity contribution is -0.142. The van der Waals surface area contributed by atoms with Gasteiger partial charge in [0.2, 0.25) is 0 Å². The third-order valence-corrected chi connectivity index (χ3v) is 4.06. The van der Waals surface area contributed by atoms with E-state index < -0.39 is 6.10 Å². The number of carbonyl (C=O) groups excluding carboxylic acids is 1. The third-order valence-electron chi connectivity index (χ3n) is 4.06. The molecule has 1 atom stereocenters. The quantitative estimate of drug-likeness (QED) is 0.693. The second-order valence-electron chi connectivity index (χ2n) is 5.57. The van der Waals surface area contributed by atoms with Gasteiger partial charge in [-0.3, -0.25) is 9.36 Å². The first-order chi connectivity index (χ1) is 11.8. The third kappa shape index (κ3) is 2.44. The summed E-state index contributed by atoms with van der Waals surface area (Å²) in [5, 5.41) is 0. The highest BCUT2D eigenvalue weighted by molar-refractivity contribution is 5.70. The predicted molar refractivity (Wildman–Crippen MR) is 89.0 cm³/mol. The Hall–Kier alpha value is -3.08. The van der Waals surface area contributed by atoms with Gasteiger partial charge in [-0.25, -0.2) is 4.98 Å². The number of benzene rings is 2. The van der Waals surface area contributed by atoms with Crippen LogP contribution < -0.4 is 4.74 Å². The summed E-state index contributed by atoms with van der Waals surface area (Å²) in [5.41, 5.74) is 2.79. The fourth-order valence-electron chi connectivity index (χ4n) is 2.89. The Labute approximate surface area is 139 Å². The maximum Gasteiger partial charge on any atom is 0.309 e. The van der Waals surface area contributed by atoms with Crippen LogP contribution in [-0.4, -0.2) is 22.6 Å². The molecular formula is C19H16N2O3. The minimum absolute atomic E-state index is 0.121. The summed E-state index contributed by atoms with van der Waals surface area (Å²) >= 11 is 0. The molecule has 120 valence electrons. The van der Waals surface area contributed by atoms with Crippen molar-refractivity contribution in [1.82, 2.24) is 9.55 Å². The van der Waals surface area contributed by atoms with Gasteiger partial charge in [-0.1, -0.05) is 42.5 Å². The van der Waals surface area contributed by atoms with E-state index in [0.717, 1.165) is 22.7 Å². The average Bonchev–Trinajstić information content (AvgIpc) is 3.08. The Bertz CT molecular complexity index is 887. The van der Waals surface area contributed by atoms with Crippen molar-refractivity contribution in [1.29, 1.82) is 0 Å². The van der Waals surface area contributed by atoms with Gasteiger partial charge in [-0.15, -0.1) is 0 Å². The maximum absolute atomic E-state index is 11.7. The van der Waals surface area contributed by atoms with Crippen LogP contribution >= 0.6 is 0 Å². The second-order valence-corrected chi connectivity index (χ2v) is 5.57. The van der Waals surface area contributed by atoms with E-state index in [2.05, 4.69) is 0 Å². The molecule has 0 radical (unpaired) electrons. The fourth-order valence-corrected chi connectivity index (χ4v) is 2.89. The molecule has 0 N–H and O–H groups in total. The van der Waals surface area contributed by atoms with Crippen LogP contribution in [0.15, 0.2) is 60.8 Å². The van der Waals surface area contributed by atoms with Gasteiger partial charge in [0.15, 0.2) is 11.9 Å². The Kier molecular flexibility index (Phi) is 3.54. The molecule has 0 bridgehead atoms. The molecule has 0 aliphatic carbocycles. The van der Waals surface area contributed by atoms with E-state index in [0.29, 0.717) is 5.82 Å². The van der Waals surface area contributed by atoms with E-state index in [9.17, 15) is 4.79 Å². The van der Waals surface area contributed by atoms with Crippen molar-refractivity contribution in [2.24, 2.45) is 0 Å². The van der Waals surface area contributed by atoms with Crippen molar-refractivity contribution in [3.8, 4) is 22.7 Å². The Morgan fingerprint density at radius 1 is 1.17 bits per heavy atom. The molecular weight excluding hydrogens is 304 g/mol. The van der Waals surface area contributed by atoms with E-state index in [-0.39, 0.29) is 12.4 Å². The van der Waals surface area contributed by atoms with Crippen LogP contribution in [0.4, 0.5) is 0 Å². The number of hydrogen-bond acceptors (Lipinski definition) is 4. The molecule has 0 saturated carbocycles. The smallest absolute Gasteiger partial charge is 0.309 e. The van der Waals surface area contributed by atoms with Gasteiger partial charge in [-0.05, 0) is 12.1 Å². The molecule has 0 spiro atoms. The minimum Gasteiger partial charge on any atom is -0.480 e. The van der Waals surface area contributed by atoms with Crippen molar-refractivity contribution in [2.75, 3.05) is 7.11 Å². The number of nitrogens with zero attached hydrogens (tertiary/aromatic N) is 2. The second kappa shape index (κ2) is 5.85. The van der Waals surface area contributed by atoms with Crippen LogP contribution in [0.1, 0.15) is 18.3 Å². The molecule has 0 fully saturated rings. The van der Waals surface area contributed by atoms with Crippen LogP contribution in [-0.2, 0) is 9.53 Å². The number of esters is 1. The van der Waals surface area contributed by atoms with Gasteiger partial charge >= 0.3 is 5.97 Å². The van der Waals surface area contributed by atoms with Gasteiger partial charge in [0, 0.05) is 11.8 Å². The predicted octanol–water partition coefficient (Wildman–Crippen LogP) is 3.54. The van der Waals surface area contributed by atoms with Gasteiger partial charge in [0.05, 0.1) is 24.9 Å². The number of rotatable bonds is 3. The van der Waals surface area contributed by atoms with E-state index in [4.69, 9.17) is 14.5 Å². The molecule has 3 aromatic rings. The highest BCUT2D eigenvalue weighted by Crippen LogP contribution is 2.38. The van der Waals surface area contributed by atoms with Gasteiger partial charge in [0.1, 0.15) is 5.75 Å². The minimum atomic E-state index is -0.468. The summed E-state index contributed by atoms with van der Waals surface area (Å²) in [5.74, 6) is 1.11. The summed E-state index contributed by atoms with van der Waals surface area (Å²) in [4.78, 5) is 16.5. The number of para-hydroxylation sites is 2. The first-order valence-corrected chi connectivity index (χ1v) is 7.74. The Morgan fingerprint density at radius 2 is 1.92 bits per heavy atom. The topological polar surface area (TPSA) is 53.4 Å². The number of aromatic nitrogens is 2. The van der Waals surface area contributed by atoms with Crippen molar-refractivity contribution in [3.05, 3.63) is 66.6 Å². The summed E-state index contributed by atoms with van der Waals surface area (Å²) < 4.78 is 12.8. The van der Waals surface area contributed by atoms with E-state index >= 15 is 0 Å². The highest BCUT2D eigenvalue weighted by Gasteiger charge is 2.30. The summed E-state index contributed by atoms with van der Waals surface area (Å²) in [6, 6.07) is 17.7. The zero-order valence-electron chi connectivity index (χ0n) is 13.2. The van der Waals surface area contributed by atoms with E-state index in [1.54, 1.807) is 0 Å². The van der Waals surface area contributed by atoms with Crippen LogP contribution in [0.2, 0.25) is 0 Å². The van der Waals surface area contributed by atoms with Crippen LogP contribution in [0, 0.1) is 0 Å². The number of fused-ring (bicyclic) bond motifs is 3. The lowest BCUT2D eigenvalue weighted by Crippen LogP contribution is -2.22. The van der Waals surface area contributed by atoms with Gasteiger partial charge in [-0.2, -0.15) is 0 Å². The molecule has 1 aliphatic heterocycles. The molecule has 2 heterocycles. The van der Waals surface area contributed by atoms with E-state index in [1.165, 1.54) is 7.11 Å². The van der Waals surface area contributed by atoms with Crippen LogP contribution in [0.25, 0.3) is 16.9 Å². The number of imidazole rings is 1. The first-order valence-electron chi connectivity index (χ1n) is 7.74. The van der Waals surface area contributed by atoms with E-state index in [1.807, 2.05) is 65.4 Å². The molecule has 1 unspecified atom stereocenters. The molecule has 0 amide bonds. The van der Waals surface area contributed by atoms with Crippen LogP contribution in [0.5, 0.6) is 5.75 Å². The maximum atomic E-state index is 11.7. The number of carbonyl (C=O) groups is 1. The lowest BCUT2D eigenvalue weighted by Gasteiger charge is -2.26. The summed E-state index contributed by atoms with van der Waals surface area (Å²) in [6.07, 6.45) is 1.64. The monoisotopic (exact) mass is 320 g/mol. The molecule has 5 heteroatoms. The van der Waals surface area contributed by atoms with Crippen molar-refractivity contribution in [3.63, 3.8) is 0 Å². The van der Waals surface area contributed by atoms with Crippen LogP contribution in [0.3, 0.4) is 0 Å². The zero-order valence-corrected chi connectivity index (χ0v) is 13.2. The molecule has 24 heavy (non-hydrogen) atoms. The average molecular weight is 320 g/mol. The Morgan fingerprint density at radius 3 is 2.71 bits per heavy atom. The van der Waals surface area contributed by atoms with Gasteiger partial charge in [0.25, 0.3) is 0 Å². The summed E-state index contributed by atoms with van der Waals surface area (Å²) in [7, 11) is 1.38. The number of ether oxygens (including phenoxy) is 2. The fraction of sp³-hybridized carbons (Fsp3) is 0.158. The first kappa shape index (κ1) is 14.5. The molecule has 2 aromatic carbocycles. The SMILES string of the molecule is COC(=O)CC1Oc2ccccc2-n2cc(-c3ccccc3)nc21. The van der Waals surface area contributed by atoms with Crippen molar-refractivity contribution in [2.45, 2.75) is 12.5 Å². The molecule has 1 aromatic heterocycles. The highest BCUT2D eigenvalue weighted by atomic mass is 16.5. The van der Waals surface area contributed by atoms with Gasteiger partial charge < -0.3 is 9.47 Å². The summed E-state index contributed by atoms with van der Waals surface area (Å²) in [6.45, 7) is 0. The molecule has 4 rings (SSSR count). The largest absolute Gasteiger partial charge is 0.480 e. The molecule has 1 aliphatic rings. The molecule has 5 nitrogen and oxygen atoms in total. The Balaban J connectivity index is 1.83. The number of hydrogen-bond donors (Lipinski definition) is 0. The van der Waals surface area contributed by atoms with Crippen molar-refractivity contribution < 1.29 is 14.3 Å². The standard InChI is InChI=1S/C19H16N2O3/c1-23-18(22)11-17-19-20-14(13-7-3-2-4-8-13)12-21(19)15-9-5-6-10-16(15)24-17/h2-10,12,17H,11H2,1H3. The van der Waals surface area contributed by atoms with Crippen molar-refractivity contribution >= 4 is 5.97 Å².